The van der Waals surface area contributed by atoms with Crippen molar-refractivity contribution in [3.8, 4) is 5.75 Å². The van der Waals surface area contributed by atoms with Crippen LogP contribution in [0.1, 0.15) is 64.9 Å². The van der Waals surface area contributed by atoms with Crippen LogP contribution >= 0.6 is 0 Å². The van der Waals surface area contributed by atoms with Crippen LogP contribution in [-0.2, 0) is 14.3 Å². The Bertz CT molecular complexity index is 1020. The summed E-state index contributed by atoms with van der Waals surface area (Å²) < 4.78 is 11.4. The largest absolute Gasteiger partial charge is 0.490 e. The summed E-state index contributed by atoms with van der Waals surface area (Å²) in [6.07, 6.45) is 1.83. The van der Waals surface area contributed by atoms with E-state index in [0.29, 0.717) is 53.9 Å². The molecule has 1 aromatic carbocycles. The first-order valence-corrected chi connectivity index (χ1v) is 10.5. The van der Waals surface area contributed by atoms with Crippen LogP contribution in [0.25, 0.3) is 0 Å². The molecule has 0 atom stereocenters. The van der Waals surface area contributed by atoms with Gasteiger partial charge in [-0.3, -0.25) is 19.7 Å². The first-order chi connectivity index (χ1) is 14.4. The highest BCUT2D eigenvalue weighted by molar-refractivity contribution is 6.06. The van der Waals surface area contributed by atoms with Crippen molar-refractivity contribution in [2.24, 2.45) is 10.8 Å². The molecule has 7 heteroatoms. The second-order valence-corrected chi connectivity index (χ2v) is 10.3. The molecule has 3 aliphatic rings. The van der Waals surface area contributed by atoms with Gasteiger partial charge >= 0.3 is 5.69 Å². The molecule has 2 aliphatic carbocycles. The van der Waals surface area contributed by atoms with Gasteiger partial charge in [-0.2, -0.15) is 0 Å². The van der Waals surface area contributed by atoms with E-state index in [1.807, 2.05) is 27.7 Å². The zero-order valence-corrected chi connectivity index (χ0v) is 18.5. The third-order valence-corrected chi connectivity index (χ3v) is 6.31. The van der Waals surface area contributed by atoms with Gasteiger partial charge in [-0.15, -0.1) is 0 Å². The van der Waals surface area contributed by atoms with Gasteiger partial charge in [-0.05, 0) is 22.5 Å². The summed E-state index contributed by atoms with van der Waals surface area (Å²) in [4.78, 5) is 37.6. The number of Topliss-reactive ketones (excluding diaryl/α,β-unsaturated/α-hetero) is 2. The second kappa shape index (κ2) is 7.04. The van der Waals surface area contributed by atoms with Crippen LogP contribution in [0.4, 0.5) is 5.69 Å². The molecule has 0 saturated heterocycles. The molecule has 0 radical (unpaired) electrons. The Balaban J connectivity index is 1.94. The number of allylic oxidation sites excluding steroid dienone is 4. The summed E-state index contributed by atoms with van der Waals surface area (Å²) in [7, 11) is 1.37. The number of ketones is 2. The van der Waals surface area contributed by atoms with Gasteiger partial charge < -0.3 is 9.47 Å². The number of nitro groups is 1. The lowest BCUT2D eigenvalue weighted by molar-refractivity contribution is -0.385. The predicted octanol–water partition coefficient (Wildman–Crippen LogP) is 5.00. The predicted molar refractivity (Wildman–Crippen MR) is 114 cm³/mol. The maximum Gasteiger partial charge on any atom is 0.311 e. The van der Waals surface area contributed by atoms with E-state index in [0.717, 1.165) is 0 Å². The fraction of sp³-hybridized carbons (Fsp3) is 0.500. The minimum absolute atomic E-state index is 0.0705. The summed E-state index contributed by atoms with van der Waals surface area (Å²) >= 11 is 0. The molecule has 1 aromatic rings. The molecule has 31 heavy (non-hydrogen) atoms. The van der Waals surface area contributed by atoms with E-state index in [2.05, 4.69) is 0 Å². The van der Waals surface area contributed by atoms with Gasteiger partial charge in [0.2, 0.25) is 0 Å². The molecule has 164 valence electrons. The van der Waals surface area contributed by atoms with Crippen molar-refractivity contribution in [2.45, 2.75) is 59.3 Å². The number of methoxy groups -OCH3 is 1. The average Bonchev–Trinajstić information content (AvgIpc) is 2.63. The zero-order valence-electron chi connectivity index (χ0n) is 18.5. The lowest BCUT2D eigenvalue weighted by Gasteiger charge is -2.42. The van der Waals surface area contributed by atoms with Gasteiger partial charge in [-0.1, -0.05) is 33.8 Å². The van der Waals surface area contributed by atoms with Gasteiger partial charge in [0.15, 0.2) is 17.3 Å². The molecule has 0 spiro atoms. The number of nitro benzene ring substituents is 1. The number of rotatable bonds is 3. The van der Waals surface area contributed by atoms with Crippen LogP contribution in [0.15, 0.2) is 40.9 Å². The van der Waals surface area contributed by atoms with Gasteiger partial charge in [-0.25, -0.2) is 0 Å². The number of hydrogen-bond acceptors (Lipinski definition) is 6. The lowest BCUT2D eigenvalue weighted by Crippen LogP contribution is -2.37. The molecular formula is C24H27NO6. The Morgan fingerprint density at radius 2 is 1.48 bits per heavy atom. The Morgan fingerprint density at radius 3 is 1.94 bits per heavy atom. The summed E-state index contributed by atoms with van der Waals surface area (Å²) in [5.41, 5.74) is 0.771. The molecule has 1 aliphatic heterocycles. The van der Waals surface area contributed by atoms with Crippen LogP contribution in [0, 0.1) is 20.9 Å². The minimum Gasteiger partial charge on any atom is -0.490 e. The number of carbonyl (C=O) groups excluding carboxylic acids is 2. The van der Waals surface area contributed by atoms with Gasteiger partial charge in [0.1, 0.15) is 11.5 Å². The van der Waals surface area contributed by atoms with Crippen LogP contribution in [0.5, 0.6) is 5.75 Å². The average molecular weight is 425 g/mol. The summed E-state index contributed by atoms with van der Waals surface area (Å²) in [6.45, 7) is 8.08. The van der Waals surface area contributed by atoms with E-state index in [-0.39, 0.29) is 33.8 Å². The van der Waals surface area contributed by atoms with Gasteiger partial charge in [0, 0.05) is 48.8 Å². The quantitative estimate of drug-likeness (QED) is 0.499. The number of carbonyl (C=O) groups is 2. The highest BCUT2D eigenvalue weighted by Crippen LogP contribution is 2.53. The summed E-state index contributed by atoms with van der Waals surface area (Å²) in [5.74, 6) is 0.521. The first kappa shape index (κ1) is 21.3. The van der Waals surface area contributed by atoms with Gasteiger partial charge in [0.25, 0.3) is 0 Å². The van der Waals surface area contributed by atoms with Crippen molar-refractivity contribution < 1.29 is 24.0 Å². The van der Waals surface area contributed by atoms with Crippen molar-refractivity contribution in [1.29, 1.82) is 0 Å². The fourth-order valence-corrected chi connectivity index (χ4v) is 5.04. The van der Waals surface area contributed by atoms with E-state index in [4.69, 9.17) is 9.47 Å². The number of nitrogens with zero attached hydrogens (tertiary/aromatic N) is 1. The number of ether oxygens (including phenoxy) is 2. The molecule has 0 N–H and O–H groups in total. The van der Waals surface area contributed by atoms with E-state index in [1.165, 1.54) is 19.2 Å². The molecule has 0 saturated carbocycles. The molecule has 0 amide bonds. The molecule has 4 rings (SSSR count). The summed E-state index contributed by atoms with van der Waals surface area (Å²) in [5, 5.41) is 11.6. The van der Waals surface area contributed by atoms with Crippen molar-refractivity contribution in [1.82, 2.24) is 0 Å². The van der Waals surface area contributed by atoms with E-state index in [1.54, 1.807) is 6.07 Å². The molecule has 0 aromatic heterocycles. The Kier molecular flexibility index (Phi) is 4.83. The topological polar surface area (TPSA) is 95.7 Å². The first-order valence-electron chi connectivity index (χ1n) is 10.5. The van der Waals surface area contributed by atoms with Crippen LogP contribution in [-0.4, -0.2) is 23.6 Å². The smallest absolute Gasteiger partial charge is 0.311 e. The van der Waals surface area contributed by atoms with Gasteiger partial charge in [0.05, 0.1) is 12.0 Å². The van der Waals surface area contributed by atoms with Crippen LogP contribution < -0.4 is 4.74 Å². The fourth-order valence-electron chi connectivity index (χ4n) is 5.04. The van der Waals surface area contributed by atoms with Crippen molar-refractivity contribution in [3.05, 3.63) is 56.5 Å². The molecule has 0 unspecified atom stereocenters. The van der Waals surface area contributed by atoms with Crippen LogP contribution in [0.2, 0.25) is 0 Å². The Labute approximate surface area is 181 Å². The second-order valence-electron chi connectivity index (χ2n) is 10.3. The minimum atomic E-state index is -0.657. The third-order valence-electron chi connectivity index (χ3n) is 6.31. The number of benzene rings is 1. The molecular weight excluding hydrogens is 398 g/mol. The maximum atomic E-state index is 13.2. The maximum absolute atomic E-state index is 13.2. The molecule has 0 bridgehead atoms. The normalized spacial score (nSPS) is 22.6. The molecule has 0 fully saturated rings. The van der Waals surface area contributed by atoms with E-state index in [9.17, 15) is 19.7 Å². The summed E-state index contributed by atoms with van der Waals surface area (Å²) in [6, 6.07) is 4.65. The Morgan fingerprint density at radius 1 is 0.968 bits per heavy atom. The highest BCUT2D eigenvalue weighted by atomic mass is 16.6. The highest BCUT2D eigenvalue weighted by Gasteiger charge is 2.48. The molecule has 7 nitrogen and oxygen atoms in total. The van der Waals surface area contributed by atoms with Crippen molar-refractivity contribution >= 4 is 17.3 Å². The third kappa shape index (κ3) is 3.66. The Hall–Kier alpha value is -2.96. The zero-order chi connectivity index (χ0) is 22.7. The standard InChI is InChI=1S/C24H27NO6/c1-23(2)9-15(26)21-18(11-23)31-19-12-24(3,4)10-16(27)22(19)20(21)13-6-7-17(30-5)14(8-13)25(28)29/h6-8,20H,9-12H2,1-5H3. The van der Waals surface area contributed by atoms with E-state index >= 15 is 0 Å². The monoisotopic (exact) mass is 425 g/mol. The SMILES string of the molecule is COc1ccc(C2C3=C(CC(C)(C)CC3=O)OC3=C2C(=O)CC(C)(C)C3)cc1[N+](=O)[O-]. The lowest BCUT2D eigenvalue weighted by atomic mass is 9.65. The number of hydrogen-bond donors (Lipinski definition) is 0. The van der Waals surface area contributed by atoms with Crippen molar-refractivity contribution in [2.75, 3.05) is 7.11 Å². The molecule has 1 heterocycles. The van der Waals surface area contributed by atoms with Crippen molar-refractivity contribution in [3.63, 3.8) is 0 Å². The van der Waals surface area contributed by atoms with E-state index < -0.39 is 10.8 Å². The van der Waals surface area contributed by atoms with Crippen LogP contribution in [0.3, 0.4) is 0 Å².